The van der Waals surface area contributed by atoms with Gasteiger partial charge in [0.25, 0.3) is 0 Å². The molecular formula is C16H22. The van der Waals surface area contributed by atoms with Crippen molar-refractivity contribution in [3.63, 3.8) is 0 Å². The smallest absolute Gasteiger partial charge is 0.00852 e. The van der Waals surface area contributed by atoms with Crippen LogP contribution < -0.4 is 0 Å². The Balaban J connectivity index is 2.40. The lowest BCUT2D eigenvalue weighted by atomic mass is 9.84. The normalized spacial score (nSPS) is 15.2. The fourth-order valence-electron chi connectivity index (χ4n) is 2.39. The highest BCUT2D eigenvalue weighted by atomic mass is 14.2. The van der Waals surface area contributed by atoms with E-state index in [0.29, 0.717) is 5.92 Å². The molecule has 1 aromatic carbocycles. The summed E-state index contributed by atoms with van der Waals surface area (Å²) < 4.78 is 0. The number of hydrogen-bond donors (Lipinski definition) is 0. The van der Waals surface area contributed by atoms with Crippen molar-refractivity contribution in [1.82, 2.24) is 0 Å². The molecule has 0 fully saturated rings. The third kappa shape index (κ3) is 1.93. The first-order valence-electron chi connectivity index (χ1n) is 6.23. The molecule has 0 N–H and O–H groups in total. The van der Waals surface area contributed by atoms with Crippen molar-refractivity contribution in [3.8, 4) is 0 Å². The van der Waals surface area contributed by atoms with E-state index in [1.807, 2.05) is 0 Å². The van der Waals surface area contributed by atoms with E-state index in [1.54, 1.807) is 0 Å². The minimum absolute atomic E-state index is 0.260. The van der Waals surface area contributed by atoms with E-state index in [2.05, 4.69) is 58.9 Å². The van der Waals surface area contributed by atoms with Crippen LogP contribution in [0.3, 0.4) is 0 Å². The minimum atomic E-state index is 0.260. The van der Waals surface area contributed by atoms with Gasteiger partial charge in [0.15, 0.2) is 0 Å². The van der Waals surface area contributed by atoms with E-state index < -0.39 is 0 Å². The zero-order chi connectivity index (χ0) is 11.9. The van der Waals surface area contributed by atoms with Crippen LogP contribution in [0.4, 0.5) is 0 Å². The third-order valence-corrected chi connectivity index (χ3v) is 3.45. The van der Waals surface area contributed by atoms with Crippen LogP contribution in [0.1, 0.15) is 51.3 Å². The highest BCUT2D eigenvalue weighted by Crippen LogP contribution is 2.35. The van der Waals surface area contributed by atoms with Gasteiger partial charge in [0.05, 0.1) is 0 Å². The summed E-state index contributed by atoms with van der Waals surface area (Å²) in [5.41, 5.74) is 6.22. The number of fused-ring (bicyclic) bond motifs is 1. The largest absolute Gasteiger partial charge is 0.0760 e. The average molecular weight is 214 g/mol. The maximum absolute atomic E-state index is 2.39. The summed E-state index contributed by atoms with van der Waals surface area (Å²) in [6.07, 6.45) is 3.51. The highest BCUT2D eigenvalue weighted by molar-refractivity contribution is 5.74. The third-order valence-electron chi connectivity index (χ3n) is 3.45. The van der Waals surface area contributed by atoms with E-state index in [1.165, 1.54) is 22.3 Å². The van der Waals surface area contributed by atoms with Crippen molar-refractivity contribution in [2.45, 2.75) is 46.5 Å². The highest BCUT2D eigenvalue weighted by Gasteiger charge is 2.20. The van der Waals surface area contributed by atoms with Gasteiger partial charge in [-0.25, -0.2) is 0 Å². The van der Waals surface area contributed by atoms with Gasteiger partial charge in [-0.3, -0.25) is 0 Å². The molecule has 0 heterocycles. The molecule has 86 valence electrons. The lowest BCUT2D eigenvalue weighted by molar-refractivity contribution is 0.589. The van der Waals surface area contributed by atoms with Gasteiger partial charge in [-0.05, 0) is 40.0 Å². The van der Waals surface area contributed by atoms with Gasteiger partial charge in [0.1, 0.15) is 0 Å². The van der Waals surface area contributed by atoms with Crippen molar-refractivity contribution in [2.24, 2.45) is 5.92 Å². The number of benzene rings is 1. The summed E-state index contributed by atoms with van der Waals surface area (Å²) in [6.45, 7) is 11.4. The number of allylic oxidation sites excluding steroid dienone is 2. The summed E-state index contributed by atoms with van der Waals surface area (Å²) in [5.74, 6) is 0.640. The van der Waals surface area contributed by atoms with Crippen LogP contribution in [0.2, 0.25) is 0 Å². The van der Waals surface area contributed by atoms with Crippen molar-refractivity contribution >= 4 is 5.57 Å². The lowest BCUT2D eigenvalue weighted by Gasteiger charge is -2.20. The van der Waals surface area contributed by atoms with Crippen molar-refractivity contribution in [2.75, 3.05) is 0 Å². The Morgan fingerprint density at radius 3 is 2.38 bits per heavy atom. The van der Waals surface area contributed by atoms with Gasteiger partial charge >= 0.3 is 0 Å². The van der Waals surface area contributed by atoms with Gasteiger partial charge in [-0.15, -0.1) is 0 Å². The molecular weight excluding hydrogens is 192 g/mol. The summed E-state index contributed by atoms with van der Waals surface area (Å²) in [6, 6.07) is 7.00. The molecule has 0 radical (unpaired) electrons. The molecule has 0 saturated heterocycles. The molecule has 0 aromatic heterocycles. The van der Waals surface area contributed by atoms with E-state index in [9.17, 15) is 0 Å². The Morgan fingerprint density at radius 1 is 1.12 bits per heavy atom. The van der Waals surface area contributed by atoms with Crippen LogP contribution >= 0.6 is 0 Å². The van der Waals surface area contributed by atoms with E-state index in [4.69, 9.17) is 0 Å². The van der Waals surface area contributed by atoms with Gasteiger partial charge in [0, 0.05) is 0 Å². The first-order valence-corrected chi connectivity index (χ1v) is 6.23. The van der Waals surface area contributed by atoms with E-state index in [0.717, 1.165) is 6.42 Å². The van der Waals surface area contributed by atoms with Crippen LogP contribution in [0.15, 0.2) is 24.3 Å². The Labute approximate surface area is 99.4 Å². The van der Waals surface area contributed by atoms with Crippen LogP contribution in [0.25, 0.3) is 5.57 Å². The second-order valence-electron chi connectivity index (χ2n) is 6.14. The fraction of sp³-hybridized carbons (Fsp3) is 0.500. The topological polar surface area (TPSA) is 0 Å². The minimum Gasteiger partial charge on any atom is -0.0760 e. The Morgan fingerprint density at radius 2 is 1.81 bits per heavy atom. The number of hydrogen-bond acceptors (Lipinski definition) is 0. The molecule has 1 aliphatic carbocycles. The predicted octanol–water partition coefficient (Wildman–Crippen LogP) is 4.58. The molecule has 0 aliphatic heterocycles. The van der Waals surface area contributed by atoms with Crippen LogP contribution in [0, 0.1) is 5.92 Å². The maximum atomic E-state index is 2.39. The first-order chi connectivity index (χ1) is 7.39. The van der Waals surface area contributed by atoms with Gasteiger partial charge in [-0.2, -0.15) is 0 Å². The molecule has 0 unspecified atom stereocenters. The van der Waals surface area contributed by atoms with Crippen molar-refractivity contribution < 1.29 is 0 Å². The van der Waals surface area contributed by atoms with Crippen LogP contribution in [-0.2, 0) is 11.8 Å². The molecule has 1 aliphatic rings. The molecule has 0 nitrogen and oxygen atoms in total. The zero-order valence-corrected chi connectivity index (χ0v) is 11.1. The molecule has 0 spiro atoms. The zero-order valence-electron chi connectivity index (χ0n) is 11.1. The fourth-order valence-corrected chi connectivity index (χ4v) is 2.39. The van der Waals surface area contributed by atoms with Gasteiger partial charge in [0.2, 0.25) is 0 Å². The molecule has 0 heteroatoms. The predicted molar refractivity (Wildman–Crippen MR) is 71.7 cm³/mol. The van der Waals surface area contributed by atoms with Gasteiger partial charge < -0.3 is 0 Å². The van der Waals surface area contributed by atoms with E-state index in [-0.39, 0.29) is 5.41 Å². The second-order valence-corrected chi connectivity index (χ2v) is 6.14. The summed E-state index contributed by atoms with van der Waals surface area (Å²) in [5, 5.41) is 0. The Hall–Kier alpha value is -1.04. The molecule has 0 bridgehead atoms. The Kier molecular flexibility index (Phi) is 2.69. The summed E-state index contributed by atoms with van der Waals surface area (Å²) >= 11 is 0. The standard InChI is InChI=1S/C16H22/c1-11(2)14-8-6-12-10-13(16(3,4)5)7-9-15(12)14/h7-11H,6H2,1-5H3. The number of rotatable bonds is 1. The van der Waals surface area contributed by atoms with Crippen molar-refractivity contribution in [1.29, 1.82) is 0 Å². The average Bonchev–Trinajstić information content (AvgIpc) is 2.58. The first kappa shape index (κ1) is 11.4. The van der Waals surface area contributed by atoms with Crippen molar-refractivity contribution in [3.05, 3.63) is 41.0 Å². The quantitative estimate of drug-likeness (QED) is 0.642. The van der Waals surface area contributed by atoms with Gasteiger partial charge in [-0.1, -0.05) is 58.9 Å². The summed E-state index contributed by atoms with van der Waals surface area (Å²) in [7, 11) is 0. The molecule has 16 heavy (non-hydrogen) atoms. The molecule has 1 aromatic rings. The molecule has 2 rings (SSSR count). The summed E-state index contributed by atoms with van der Waals surface area (Å²) in [4.78, 5) is 0. The molecule has 0 amide bonds. The monoisotopic (exact) mass is 214 g/mol. The van der Waals surface area contributed by atoms with Crippen LogP contribution in [0.5, 0.6) is 0 Å². The van der Waals surface area contributed by atoms with E-state index >= 15 is 0 Å². The Bertz CT molecular complexity index is 428. The SMILES string of the molecule is CC(C)C1=CCc2cc(C(C)(C)C)ccc21. The second kappa shape index (κ2) is 3.76. The molecule has 0 atom stereocenters. The van der Waals surface area contributed by atoms with Crippen LogP contribution in [-0.4, -0.2) is 0 Å². The maximum Gasteiger partial charge on any atom is -0.00852 e. The lowest BCUT2D eigenvalue weighted by Crippen LogP contribution is -2.11. The molecule has 0 saturated carbocycles.